The van der Waals surface area contributed by atoms with Crippen LogP contribution in [-0.2, 0) is 22.4 Å². The Morgan fingerprint density at radius 3 is 2.66 bits per heavy atom. The fourth-order valence-corrected chi connectivity index (χ4v) is 3.66. The maximum absolute atomic E-state index is 12.7. The van der Waals surface area contributed by atoms with Crippen molar-refractivity contribution in [2.24, 2.45) is 11.7 Å². The summed E-state index contributed by atoms with van der Waals surface area (Å²) >= 11 is 0. The summed E-state index contributed by atoms with van der Waals surface area (Å²) in [4.78, 5) is 26.2. The van der Waals surface area contributed by atoms with Gasteiger partial charge in [-0.2, -0.15) is 0 Å². The lowest BCUT2D eigenvalue weighted by molar-refractivity contribution is -0.129. The Kier molecular flexibility index (Phi) is 7.25. The molecule has 1 heterocycles. The van der Waals surface area contributed by atoms with Crippen molar-refractivity contribution in [2.75, 3.05) is 33.4 Å². The zero-order valence-corrected chi connectivity index (χ0v) is 16.8. The van der Waals surface area contributed by atoms with Crippen molar-refractivity contribution in [3.63, 3.8) is 0 Å². The monoisotopic (exact) mass is 396 g/mol. The zero-order chi connectivity index (χ0) is 20.6. The number of esters is 1. The van der Waals surface area contributed by atoms with Crippen LogP contribution >= 0.6 is 0 Å². The van der Waals surface area contributed by atoms with Gasteiger partial charge >= 0.3 is 5.97 Å². The molecule has 6 nitrogen and oxygen atoms in total. The Balaban J connectivity index is 1.51. The summed E-state index contributed by atoms with van der Waals surface area (Å²) in [6.07, 6.45) is 2.26. The highest BCUT2D eigenvalue weighted by molar-refractivity contribution is 5.89. The van der Waals surface area contributed by atoms with E-state index in [-0.39, 0.29) is 11.9 Å². The summed E-state index contributed by atoms with van der Waals surface area (Å²) in [7, 11) is 1.38. The SMILES string of the molecule is COC(=O)c1ccc(CC2CCN(C(=O)Cc3cccc(OCCN)c3)C2)cc1. The maximum Gasteiger partial charge on any atom is 0.337 e. The highest BCUT2D eigenvalue weighted by Crippen LogP contribution is 2.23. The molecule has 0 saturated carbocycles. The van der Waals surface area contributed by atoms with Gasteiger partial charge in [-0.05, 0) is 54.2 Å². The highest BCUT2D eigenvalue weighted by Gasteiger charge is 2.26. The van der Waals surface area contributed by atoms with Crippen molar-refractivity contribution in [3.05, 3.63) is 65.2 Å². The van der Waals surface area contributed by atoms with Crippen LogP contribution in [-0.4, -0.2) is 50.1 Å². The Hall–Kier alpha value is -2.86. The first kappa shape index (κ1) is 20.9. The Morgan fingerprint density at radius 1 is 1.14 bits per heavy atom. The average molecular weight is 396 g/mol. The topological polar surface area (TPSA) is 81.9 Å². The number of nitrogens with zero attached hydrogens (tertiary/aromatic N) is 1. The first-order chi connectivity index (χ1) is 14.1. The van der Waals surface area contributed by atoms with E-state index in [4.69, 9.17) is 15.2 Å². The van der Waals surface area contributed by atoms with E-state index >= 15 is 0 Å². The number of rotatable bonds is 8. The molecule has 0 spiro atoms. The molecule has 1 amide bonds. The minimum absolute atomic E-state index is 0.143. The van der Waals surface area contributed by atoms with Gasteiger partial charge in [0.05, 0.1) is 19.1 Å². The van der Waals surface area contributed by atoms with E-state index in [9.17, 15) is 9.59 Å². The largest absolute Gasteiger partial charge is 0.492 e. The predicted octanol–water partition coefficient (Wildman–Crippen LogP) is 2.44. The average Bonchev–Trinajstić information content (AvgIpc) is 3.21. The summed E-state index contributed by atoms with van der Waals surface area (Å²) < 4.78 is 10.3. The number of carbonyl (C=O) groups is 2. The van der Waals surface area contributed by atoms with Crippen LogP contribution < -0.4 is 10.5 Å². The number of nitrogens with two attached hydrogens (primary N) is 1. The second-order valence-corrected chi connectivity index (χ2v) is 7.35. The Labute approximate surface area is 171 Å². The van der Waals surface area contributed by atoms with Crippen LogP contribution in [0, 0.1) is 5.92 Å². The molecule has 0 aliphatic carbocycles. The van der Waals surface area contributed by atoms with Crippen LogP contribution in [0.15, 0.2) is 48.5 Å². The molecular formula is C23H28N2O4. The van der Waals surface area contributed by atoms with Gasteiger partial charge in [0.1, 0.15) is 12.4 Å². The smallest absolute Gasteiger partial charge is 0.337 e. The van der Waals surface area contributed by atoms with Gasteiger partial charge in [-0.15, -0.1) is 0 Å². The van der Waals surface area contributed by atoms with E-state index in [0.717, 1.165) is 37.2 Å². The lowest BCUT2D eigenvalue weighted by Gasteiger charge is -2.17. The van der Waals surface area contributed by atoms with Crippen molar-refractivity contribution in [3.8, 4) is 5.75 Å². The molecule has 6 heteroatoms. The molecule has 2 aromatic rings. The fraction of sp³-hybridized carbons (Fsp3) is 0.391. The van der Waals surface area contributed by atoms with Crippen LogP contribution in [0.2, 0.25) is 0 Å². The molecule has 1 atom stereocenters. The standard InChI is InChI=1S/C23H28N2O4/c1-28-23(27)20-7-5-17(6-8-20)13-19-9-11-25(16-19)22(26)15-18-3-2-4-21(14-18)29-12-10-24/h2-8,14,19H,9-13,15-16,24H2,1H3. The molecule has 1 aliphatic rings. The molecule has 1 aliphatic heterocycles. The number of benzene rings is 2. The summed E-state index contributed by atoms with van der Waals surface area (Å²) in [5.74, 6) is 0.994. The van der Waals surface area contributed by atoms with Crippen LogP contribution in [0.5, 0.6) is 5.75 Å². The van der Waals surface area contributed by atoms with Gasteiger partial charge in [0, 0.05) is 19.6 Å². The minimum atomic E-state index is -0.327. The van der Waals surface area contributed by atoms with Gasteiger partial charge in [0.25, 0.3) is 0 Å². The van der Waals surface area contributed by atoms with Crippen LogP contribution in [0.3, 0.4) is 0 Å². The molecule has 0 radical (unpaired) electrons. The second kappa shape index (κ2) is 10.1. The quantitative estimate of drug-likeness (QED) is 0.693. The minimum Gasteiger partial charge on any atom is -0.492 e. The number of carbonyl (C=O) groups excluding carboxylic acids is 2. The number of methoxy groups -OCH3 is 1. The normalized spacial score (nSPS) is 15.9. The van der Waals surface area contributed by atoms with Crippen molar-refractivity contribution < 1.29 is 19.1 Å². The van der Waals surface area contributed by atoms with E-state index in [1.165, 1.54) is 12.7 Å². The Morgan fingerprint density at radius 2 is 1.93 bits per heavy atom. The first-order valence-electron chi connectivity index (χ1n) is 9.96. The molecule has 2 N–H and O–H groups in total. The number of likely N-dealkylation sites (tertiary alicyclic amines) is 1. The van der Waals surface area contributed by atoms with Crippen molar-refractivity contribution in [1.29, 1.82) is 0 Å². The van der Waals surface area contributed by atoms with Crippen LogP contribution in [0.1, 0.15) is 27.9 Å². The lowest BCUT2D eigenvalue weighted by atomic mass is 9.98. The highest BCUT2D eigenvalue weighted by atomic mass is 16.5. The van der Waals surface area contributed by atoms with Crippen molar-refractivity contribution in [1.82, 2.24) is 4.90 Å². The summed E-state index contributed by atoms with van der Waals surface area (Å²) in [6, 6.07) is 15.1. The van der Waals surface area contributed by atoms with Gasteiger partial charge in [-0.1, -0.05) is 24.3 Å². The molecule has 3 rings (SSSR count). The van der Waals surface area contributed by atoms with Crippen molar-refractivity contribution in [2.45, 2.75) is 19.3 Å². The van der Waals surface area contributed by atoms with Crippen molar-refractivity contribution >= 4 is 11.9 Å². The molecule has 0 aromatic heterocycles. The van der Waals surface area contributed by atoms with Gasteiger partial charge in [0.2, 0.25) is 5.91 Å². The van der Waals surface area contributed by atoms with Crippen LogP contribution in [0.4, 0.5) is 0 Å². The molecule has 154 valence electrons. The molecular weight excluding hydrogens is 368 g/mol. The summed E-state index contributed by atoms with van der Waals surface area (Å²) in [5.41, 5.74) is 8.14. The molecule has 1 unspecified atom stereocenters. The van der Waals surface area contributed by atoms with Gasteiger partial charge in [0.15, 0.2) is 0 Å². The first-order valence-corrected chi connectivity index (χ1v) is 9.96. The van der Waals surface area contributed by atoms with E-state index in [1.54, 1.807) is 12.1 Å². The predicted molar refractivity (Wildman–Crippen MR) is 111 cm³/mol. The van der Waals surface area contributed by atoms with E-state index in [0.29, 0.717) is 31.1 Å². The molecule has 0 bridgehead atoms. The molecule has 1 fully saturated rings. The van der Waals surface area contributed by atoms with Gasteiger partial charge < -0.3 is 20.1 Å². The number of ether oxygens (including phenoxy) is 2. The maximum atomic E-state index is 12.7. The fourth-order valence-electron chi connectivity index (χ4n) is 3.66. The van der Waals surface area contributed by atoms with Gasteiger partial charge in [-0.3, -0.25) is 4.79 Å². The third-order valence-corrected chi connectivity index (χ3v) is 5.18. The molecule has 1 saturated heterocycles. The van der Waals surface area contributed by atoms with E-state index in [1.807, 2.05) is 41.3 Å². The molecule has 29 heavy (non-hydrogen) atoms. The third-order valence-electron chi connectivity index (χ3n) is 5.18. The van der Waals surface area contributed by atoms with E-state index < -0.39 is 0 Å². The number of hydrogen-bond acceptors (Lipinski definition) is 5. The third kappa shape index (κ3) is 5.81. The second-order valence-electron chi connectivity index (χ2n) is 7.35. The summed E-state index contributed by atoms with van der Waals surface area (Å²) in [6.45, 7) is 2.48. The zero-order valence-electron chi connectivity index (χ0n) is 16.8. The molecule has 2 aromatic carbocycles. The van der Waals surface area contributed by atoms with Gasteiger partial charge in [-0.25, -0.2) is 4.79 Å². The summed E-state index contributed by atoms with van der Waals surface area (Å²) in [5, 5.41) is 0. The Bertz CT molecular complexity index is 835. The number of hydrogen-bond donors (Lipinski definition) is 1. The number of amides is 1. The van der Waals surface area contributed by atoms with Crippen LogP contribution in [0.25, 0.3) is 0 Å². The van der Waals surface area contributed by atoms with E-state index in [2.05, 4.69) is 0 Å². The lowest BCUT2D eigenvalue weighted by Crippen LogP contribution is -2.30.